The molecule has 5 heteroatoms. The van der Waals surface area contributed by atoms with Gasteiger partial charge in [-0.3, -0.25) is 14.4 Å². The number of fused-ring (bicyclic) bond motifs is 1. The molecule has 0 fully saturated rings. The van der Waals surface area contributed by atoms with E-state index < -0.39 is 18.0 Å². The van der Waals surface area contributed by atoms with E-state index in [9.17, 15) is 14.4 Å². The molecule has 2 aromatic carbocycles. The zero-order valence-corrected chi connectivity index (χ0v) is 16.3. The van der Waals surface area contributed by atoms with Gasteiger partial charge in [0.15, 0.2) is 11.9 Å². The number of Topliss-reactive ketones (excluding diaryl/α,β-unsaturated/α-hetero) is 1. The van der Waals surface area contributed by atoms with E-state index in [-0.39, 0.29) is 12.2 Å². The first-order valence-corrected chi connectivity index (χ1v) is 9.64. The summed E-state index contributed by atoms with van der Waals surface area (Å²) in [5, 5.41) is 2.68. The number of carbonyl (C=O) groups is 3. The first-order chi connectivity index (χ1) is 13.4. The Morgan fingerprint density at radius 1 is 1.04 bits per heavy atom. The van der Waals surface area contributed by atoms with Gasteiger partial charge < -0.3 is 10.1 Å². The van der Waals surface area contributed by atoms with Gasteiger partial charge in [0.05, 0.1) is 6.42 Å². The van der Waals surface area contributed by atoms with Crippen molar-refractivity contribution in [3.05, 3.63) is 64.7 Å². The molecule has 0 spiro atoms. The van der Waals surface area contributed by atoms with E-state index in [4.69, 9.17) is 4.74 Å². The van der Waals surface area contributed by atoms with Crippen molar-refractivity contribution in [2.45, 2.75) is 52.1 Å². The molecule has 0 unspecified atom stereocenters. The second kappa shape index (κ2) is 8.83. The highest BCUT2D eigenvalue weighted by Gasteiger charge is 2.19. The van der Waals surface area contributed by atoms with Crippen molar-refractivity contribution < 1.29 is 19.1 Å². The van der Waals surface area contributed by atoms with Gasteiger partial charge in [-0.1, -0.05) is 30.3 Å². The average molecular weight is 379 g/mol. The van der Waals surface area contributed by atoms with Crippen LogP contribution in [-0.4, -0.2) is 23.8 Å². The summed E-state index contributed by atoms with van der Waals surface area (Å²) in [6, 6.07) is 12.8. The van der Waals surface area contributed by atoms with Crippen molar-refractivity contribution in [3.63, 3.8) is 0 Å². The molecule has 1 amide bonds. The standard InChI is InChI=1S/C23H25NO4/c1-15(25)19-8-5-9-21(14-19)24-23(27)16(2)28-22(26)13-17-10-11-18-6-3-4-7-20(18)12-17/h5,8-12,14,16H,3-4,6-7,13H2,1-2H3,(H,24,27)/t16-/m0/s1. The minimum absolute atomic E-state index is 0.0828. The lowest BCUT2D eigenvalue weighted by Crippen LogP contribution is -2.30. The lowest BCUT2D eigenvalue weighted by atomic mass is 9.90. The van der Waals surface area contributed by atoms with E-state index in [0.717, 1.165) is 18.4 Å². The highest BCUT2D eigenvalue weighted by Crippen LogP contribution is 2.22. The number of anilines is 1. The molecule has 0 aromatic heterocycles. The third-order valence-electron chi connectivity index (χ3n) is 4.98. The van der Waals surface area contributed by atoms with E-state index in [1.165, 1.54) is 37.8 Å². The third-order valence-corrected chi connectivity index (χ3v) is 4.98. The molecule has 1 atom stereocenters. The smallest absolute Gasteiger partial charge is 0.311 e. The van der Waals surface area contributed by atoms with Crippen LogP contribution >= 0.6 is 0 Å². The minimum atomic E-state index is -0.925. The molecule has 5 nitrogen and oxygen atoms in total. The van der Waals surface area contributed by atoms with Crippen molar-refractivity contribution in [3.8, 4) is 0 Å². The number of carbonyl (C=O) groups excluding carboxylic acids is 3. The quantitative estimate of drug-likeness (QED) is 0.611. The Bertz CT molecular complexity index is 903. The Morgan fingerprint density at radius 2 is 1.79 bits per heavy atom. The predicted octanol–water partition coefficient (Wildman–Crippen LogP) is 3.88. The van der Waals surface area contributed by atoms with Crippen molar-refractivity contribution in [1.29, 1.82) is 0 Å². The van der Waals surface area contributed by atoms with Crippen LogP contribution in [0.4, 0.5) is 5.69 Å². The number of ketones is 1. The summed E-state index contributed by atoms with van der Waals surface area (Å²) in [7, 11) is 0. The molecule has 0 bridgehead atoms. The van der Waals surface area contributed by atoms with Gasteiger partial charge in [-0.25, -0.2) is 0 Å². The Morgan fingerprint density at radius 3 is 2.54 bits per heavy atom. The van der Waals surface area contributed by atoms with Crippen LogP contribution in [0.15, 0.2) is 42.5 Å². The normalized spacial score (nSPS) is 13.9. The Labute approximate surface area is 165 Å². The Hall–Kier alpha value is -2.95. The van der Waals surface area contributed by atoms with Crippen LogP contribution in [0.25, 0.3) is 0 Å². The van der Waals surface area contributed by atoms with Gasteiger partial charge in [-0.15, -0.1) is 0 Å². The zero-order chi connectivity index (χ0) is 20.1. The number of aryl methyl sites for hydroxylation is 2. The summed E-state index contributed by atoms with van der Waals surface area (Å²) in [6.07, 6.45) is 3.77. The van der Waals surface area contributed by atoms with Crippen molar-refractivity contribution >= 4 is 23.3 Å². The number of hydrogen-bond acceptors (Lipinski definition) is 4. The van der Waals surface area contributed by atoms with E-state index in [1.54, 1.807) is 24.3 Å². The molecule has 2 aromatic rings. The second-order valence-corrected chi connectivity index (χ2v) is 7.25. The van der Waals surface area contributed by atoms with E-state index in [0.29, 0.717) is 11.3 Å². The molecule has 146 valence electrons. The molecule has 0 radical (unpaired) electrons. The Balaban J connectivity index is 1.55. The number of benzene rings is 2. The maximum atomic E-state index is 12.3. The van der Waals surface area contributed by atoms with Crippen LogP contribution in [0.3, 0.4) is 0 Å². The number of ether oxygens (including phenoxy) is 1. The summed E-state index contributed by atoms with van der Waals surface area (Å²) in [4.78, 5) is 36.0. The summed E-state index contributed by atoms with van der Waals surface area (Å²) < 4.78 is 5.29. The minimum Gasteiger partial charge on any atom is -0.452 e. The molecule has 3 rings (SSSR count). The predicted molar refractivity (Wildman–Crippen MR) is 107 cm³/mol. The molecule has 28 heavy (non-hydrogen) atoms. The molecular weight excluding hydrogens is 354 g/mol. The fourth-order valence-corrected chi connectivity index (χ4v) is 3.42. The maximum Gasteiger partial charge on any atom is 0.311 e. The van der Waals surface area contributed by atoms with Crippen LogP contribution < -0.4 is 5.32 Å². The highest BCUT2D eigenvalue weighted by atomic mass is 16.5. The van der Waals surface area contributed by atoms with Crippen molar-refractivity contribution in [2.24, 2.45) is 0 Å². The first kappa shape index (κ1) is 19.8. The molecular formula is C23H25NO4. The van der Waals surface area contributed by atoms with Crippen LogP contribution in [0, 0.1) is 0 Å². The largest absolute Gasteiger partial charge is 0.452 e. The van der Waals surface area contributed by atoms with Crippen molar-refractivity contribution in [1.82, 2.24) is 0 Å². The van der Waals surface area contributed by atoms with Crippen LogP contribution in [-0.2, 0) is 33.6 Å². The molecule has 0 saturated heterocycles. The van der Waals surface area contributed by atoms with Gasteiger partial charge in [0.25, 0.3) is 5.91 Å². The molecule has 0 aliphatic heterocycles. The van der Waals surface area contributed by atoms with Crippen LogP contribution in [0.5, 0.6) is 0 Å². The summed E-state index contributed by atoms with van der Waals surface area (Å²) in [5.74, 6) is -0.948. The lowest BCUT2D eigenvalue weighted by Gasteiger charge is -2.17. The number of hydrogen-bond donors (Lipinski definition) is 1. The average Bonchev–Trinajstić information content (AvgIpc) is 2.68. The second-order valence-electron chi connectivity index (χ2n) is 7.25. The molecule has 1 N–H and O–H groups in total. The summed E-state index contributed by atoms with van der Waals surface area (Å²) >= 11 is 0. The molecule has 0 saturated carbocycles. The fourth-order valence-electron chi connectivity index (χ4n) is 3.42. The van der Waals surface area contributed by atoms with E-state index in [1.807, 2.05) is 6.07 Å². The molecule has 1 aliphatic rings. The topological polar surface area (TPSA) is 72.5 Å². The maximum absolute atomic E-state index is 12.3. The highest BCUT2D eigenvalue weighted by molar-refractivity contribution is 5.98. The van der Waals surface area contributed by atoms with Gasteiger partial charge in [-0.2, -0.15) is 0 Å². The van der Waals surface area contributed by atoms with E-state index in [2.05, 4.69) is 17.4 Å². The van der Waals surface area contributed by atoms with Crippen molar-refractivity contribution in [2.75, 3.05) is 5.32 Å². The first-order valence-electron chi connectivity index (χ1n) is 9.64. The number of nitrogens with one attached hydrogen (secondary N) is 1. The van der Waals surface area contributed by atoms with E-state index >= 15 is 0 Å². The SMILES string of the molecule is CC(=O)c1cccc(NC(=O)[C@H](C)OC(=O)Cc2ccc3c(c2)CCCC3)c1. The van der Waals surface area contributed by atoms with Gasteiger partial charge in [-0.05, 0) is 68.4 Å². The monoisotopic (exact) mass is 379 g/mol. The molecule has 1 aliphatic carbocycles. The summed E-state index contributed by atoms with van der Waals surface area (Å²) in [5.41, 5.74) is 4.59. The van der Waals surface area contributed by atoms with Crippen LogP contribution in [0.1, 0.15) is 53.7 Å². The fraction of sp³-hybridized carbons (Fsp3) is 0.348. The van der Waals surface area contributed by atoms with Gasteiger partial charge >= 0.3 is 5.97 Å². The van der Waals surface area contributed by atoms with Gasteiger partial charge in [0, 0.05) is 11.3 Å². The number of amides is 1. The summed E-state index contributed by atoms with van der Waals surface area (Å²) in [6.45, 7) is 3.00. The van der Waals surface area contributed by atoms with Crippen LogP contribution in [0.2, 0.25) is 0 Å². The van der Waals surface area contributed by atoms with Gasteiger partial charge in [0.2, 0.25) is 0 Å². The third kappa shape index (κ3) is 5.06. The zero-order valence-electron chi connectivity index (χ0n) is 16.3. The number of esters is 1. The van der Waals surface area contributed by atoms with Gasteiger partial charge in [0.1, 0.15) is 0 Å². The Kier molecular flexibility index (Phi) is 6.24. The molecule has 0 heterocycles. The lowest BCUT2D eigenvalue weighted by molar-refractivity contribution is -0.152. The number of rotatable bonds is 6.